The molecule has 52 heavy (non-hydrogen) atoms. The van der Waals surface area contributed by atoms with Gasteiger partial charge in [0.1, 0.15) is 0 Å². The van der Waals surface area contributed by atoms with Gasteiger partial charge in [-0.2, -0.15) is 0 Å². The summed E-state index contributed by atoms with van der Waals surface area (Å²) in [7, 11) is 2.01. The lowest BCUT2D eigenvalue weighted by atomic mass is 9.98. The normalized spacial score (nSPS) is 18.5. The summed E-state index contributed by atoms with van der Waals surface area (Å²) >= 11 is 0. The highest BCUT2D eigenvalue weighted by Gasteiger charge is 2.34. The van der Waals surface area contributed by atoms with E-state index in [1.807, 2.05) is 98.9 Å². The number of likely N-dealkylation sites (N-methyl/N-ethyl adjacent to an activating group) is 1. The summed E-state index contributed by atoms with van der Waals surface area (Å²) < 4.78 is 13.2. The average Bonchev–Trinajstić information content (AvgIpc) is 3.19. The number of hydroxylamine groups is 1. The van der Waals surface area contributed by atoms with E-state index in [1.54, 1.807) is 5.48 Å². The number of aliphatic hydroxyl groups excluding tert-OH is 2. The van der Waals surface area contributed by atoms with Crippen molar-refractivity contribution in [3.05, 3.63) is 131 Å². The molecular formula is C42H51N3O7. The Labute approximate surface area is 306 Å². The van der Waals surface area contributed by atoms with Gasteiger partial charge in [0.05, 0.1) is 24.9 Å². The average molecular weight is 710 g/mol. The second-order valence-corrected chi connectivity index (χ2v) is 13.6. The molecule has 0 unspecified atom stereocenters. The summed E-state index contributed by atoms with van der Waals surface area (Å²) in [5, 5.41) is 32.2. The molecule has 5 N–H and O–H groups in total. The Bertz CT molecular complexity index is 1700. The van der Waals surface area contributed by atoms with Gasteiger partial charge < -0.3 is 25.0 Å². The van der Waals surface area contributed by atoms with Crippen LogP contribution in [-0.2, 0) is 32.2 Å². The molecule has 1 heterocycles. The van der Waals surface area contributed by atoms with Gasteiger partial charge in [0, 0.05) is 44.0 Å². The molecule has 0 spiro atoms. The van der Waals surface area contributed by atoms with Gasteiger partial charge in [-0.25, -0.2) is 5.48 Å². The molecule has 10 nitrogen and oxygen atoms in total. The van der Waals surface area contributed by atoms with Crippen molar-refractivity contribution in [1.82, 2.24) is 15.7 Å². The lowest BCUT2D eigenvalue weighted by Gasteiger charge is -2.39. The van der Waals surface area contributed by atoms with Crippen LogP contribution in [0.4, 0.5) is 0 Å². The van der Waals surface area contributed by atoms with Crippen molar-refractivity contribution in [3.8, 4) is 11.1 Å². The fraction of sp³-hybridized carbons (Fsp3) is 0.381. The molecule has 4 aromatic rings. The van der Waals surface area contributed by atoms with Crippen molar-refractivity contribution >= 4 is 11.8 Å². The summed E-state index contributed by atoms with van der Waals surface area (Å²) in [4.78, 5) is 25.6. The molecule has 1 fully saturated rings. The number of benzene rings is 4. The number of rotatable bonds is 17. The van der Waals surface area contributed by atoms with Crippen molar-refractivity contribution < 1.29 is 34.5 Å². The van der Waals surface area contributed by atoms with Gasteiger partial charge in [-0.3, -0.25) is 19.7 Å². The maximum atomic E-state index is 12.4. The molecule has 1 saturated heterocycles. The quantitative estimate of drug-likeness (QED) is 0.0475. The van der Waals surface area contributed by atoms with E-state index in [0.29, 0.717) is 38.8 Å². The Morgan fingerprint density at radius 3 is 2.19 bits per heavy atom. The van der Waals surface area contributed by atoms with Gasteiger partial charge in [0.15, 0.2) is 6.29 Å². The molecule has 0 radical (unpaired) electrons. The zero-order valence-corrected chi connectivity index (χ0v) is 30.0. The van der Waals surface area contributed by atoms with E-state index in [1.165, 1.54) is 0 Å². The second kappa shape index (κ2) is 19.4. The zero-order valence-electron chi connectivity index (χ0n) is 30.0. The van der Waals surface area contributed by atoms with E-state index in [0.717, 1.165) is 45.4 Å². The Balaban J connectivity index is 1.23. The fourth-order valence-electron chi connectivity index (χ4n) is 6.48. The van der Waals surface area contributed by atoms with Crippen molar-refractivity contribution in [2.24, 2.45) is 0 Å². The van der Waals surface area contributed by atoms with E-state index in [4.69, 9.17) is 14.7 Å². The predicted molar refractivity (Wildman–Crippen MR) is 199 cm³/mol. The first-order valence-corrected chi connectivity index (χ1v) is 18.1. The third-order valence-electron chi connectivity index (χ3n) is 9.77. The minimum Gasteiger partial charge on any atom is -0.392 e. The van der Waals surface area contributed by atoms with Crippen molar-refractivity contribution in [1.29, 1.82) is 0 Å². The van der Waals surface area contributed by atoms with Crippen LogP contribution in [-0.4, -0.2) is 57.9 Å². The molecule has 0 saturated carbocycles. The van der Waals surface area contributed by atoms with Crippen LogP contribution >= 0.6 is 0 Å². The number of nitrogens with one attached hydrogen (secondary N) is 2. The van der Waals surface area contributed by atoms with Crippen LogP contribution in [0.2, 0.25) is 0 Å². The number of ether oxygens (including phenoxy) is 2. The standard InChI is InChI=1S/C42H51N3O7/c1-29(41(49)34-11-5-3-6-12-34)45(2)27-37-25-38(33-18-16-30(28-46)17-19-33)52-42(51-37)35-22-20-32(21-23-35)36-13-9-10-31(24-36)26-43-39(47)14-7-4-8-15-40(48)44-50/h3,5-6,9-13,16-24,29,37-38,41-42,46,49-50H,4,7-8,14-15,25-28H2,1-2H3,(H,43,47)(H,44,48)/t29-,37+,38-,41-,42-/m0/s1. The van der Waals surface area contributed by atoms with Crippen LogP contribution in [0.1, 0.15) is 91.8 Å². The molecule has 0 aromatic heterocycles. The van der Waals surface area contributed by atoms with Crippen molar-refractivity contribution in [3.63, 3.8) is 0 Å². The Kier molecular flexibility index (Phi) is 14.5. The number of amides is 2. The molecular weight excluding hydrogens is 658 g/mol. The molecule has 1 aliphatic rings. The first kappa shape index (κ1) is 38.8. The highest BCUT2D eigenvalue weighted by atomic mass is 16.7. The summed E-state index contributed by atoms with van der Waals surface area (Å²) in [5.74, 6) is -0.452. The first-order chi connectivity index (χ1) is 25.2. The minimum atomic E-state index is -0.642. The van der Waals surface area contributed by atoms with Gasteiger partial charge >= 0.3 is 0 Å². The molecule has 4 aromatic carbocycles. The van der Waals surface area contributed by atoms with Gasteiger partial charge in [-0.1, -0.05) is 103 Å². The summed E-state index contributed by atoms with van der Waals surface area (Å²) in [6.45, 7) is 3.02. The molecule has 5 rings (SSSR count). The van der Waals surface area contributed by atoms with E-state index < -0.39 is 18.3 Å². The molecule has 276 valence electrons. The topological polar surface area (TPSA) is 141 Å². The Hall–Kier alpha value is -4.42. The van der Waals surface area contributed by atoms with E-state index in [9.17, 15) is 19.8 Å². The third kappa shape index (κ3) is 11.0. The second-order valence-electron chi connectivity index (χ2n) is 13.6. The smallest absolute Gasteiger partial charge is 0.243 e. The van der Waals surface area contributed by atoms with E-state index in [2.05, 4.69) is 28.4 Å². The van der Waals surface area contributed by atoms with Gasteiger partial charge in [-0.15, -0.1) is 0 Å². The SMILES string of the molecule is C[C@@H]([C@H](O)c1ccccc1)N(C)C[C@H]1C[C@@H](c2ccc(CO)cc2)O[C@@H](c2ccc(-c3cccc(CNC(=O)CCCCCC(=O)NO)c3)cc2)O1. The molecule has 2 amide bonds. The lowest BCUT2D eigenvalue weighted by molar-refractivity contribution is -0.253. The first-order valence-electron chi connectivity index (χ1n) is 18.1. The van der Waals surface area contributed by atoms with Crippen LogP contribution in [0.3, 0.4) is 0 Å². The summed E-state index contributed by atoms with van der Waals surface area (Å²) in [6, 6.07) is 33.6. The Morgan fingerprint density at radius 2 is 1.50 bits per heavy atom. The van der Waals surface area contributed by atoms with Crippen molar-refractivity contribution in [2.75, 3.05) is 13.6 Å². The number of carbonyl (C=O) groups is 2. The number of unbranched alkanes of at least 4 members (excludes halogenated alkanes) is 2. The molecule has 0 aliphatic carbocycles. The number of aliphatic hydroxyl groups is 2. The number of carbonyl (C=O) groups excluding carboxylic acids is 2. The van der Waals surface area contributed by atoms with Crippen LogP contribution in [0.25, 0.3) is 11.1 Å². The van der Waals surface area contributed by atoms with Gasteiger partial charge in [0.2, 0.25) is 11.8 Å². The maximum absolute atomic E-state index is 12.4. The summed E-state index contributed by atoms with van der Waals surface area (Å²) in [5.41, 5.74) is 8.29. The number of hydrogen-bond donors (Lipinski definition) is 5. The van der Waals surface area contributed by atoms with Crippen LogP contribution in [0, 0.1) is 0 Å². The van der Waals surface area contributed by atoms with E-state index >= 15 is 0 Å². The minimum absolute atomic E-state index is 0.0208. The fourth-order valence-corrected chi connectivity index (χ4v) is 6.48. The summed E-state index contributed by atoms with van der Waals surface area (Å²) in [6.07, 6.45) is 1.65. The molecule has 1 aliphatic heterocycles. The molecule has 10 heteroatoms. The predicted octanol–water partition coefficient (Wildman–Crippen LogP) is 6.52. The largest absolute Gasteiger partial charge is 0.392 e. The van der Waals surface area contributed by atoms with Crippen molar-refractivity contribution in [2.45, 2.75) is 89.2 Å². The van der Waals surface area contributed by atoms with E-state index in [-0.39, 0.29) is 37.2 Å². The van der Waals surface area contributed by atoms with Gasteiger partial charge in [0.25, 0.3) is 0 Å². The molecule has 5 atom stereocenters. The van der Waals surface area contributed by atoms with Crippen LogP contribution < -0.4 is 10.8 Å². The highest BCUT2D eigenvalue weighted by Crippen LogP contribution is 2.39. The monoisotopic (exact) mass is 709 g/mol. The highest BCUT2D eigenvalue weighted by molar-refractivity contribution is 5.76. The van der Waals surface area contributed by atoms with Gasteiger partial charge in [-0.05, 0) is 66.3 Å². The van der Waals surface area contributed by atoms with Crippen LogP contribution in [0.15, 0.2) is 103 Å². The maximum Gasteiger partial charge on any atom is 0.243 e. The van der Waals surface area contributed by atoms with Crippen LogP contribution in [0.5, 0.6) is 0 Å². The Morgan fingerprint density at radius 1 is 0.808 bits per heavy atom. The zero-order chi connectivity index (χ0) is 36.9. The number of nitrogens with zero attached hydrogens (tertiary/aromatic N) is 1. The molecule has 0 bridgehead atoms. The third-order valence-corrected chi connectivity index (χ3v) is 9.77. The number of hydrogen-bond acceptors (Lipinski definition) is 8. The lowest BCUT2D eigenvalue weighted by Crippen LogP contribution is -2.43.